The van der Waals surface area contributed by atoms with Gasteiger partial charge in [0.15, 0.2) is 5.78 Å². The monoisotopic (exact) mass is 292 g/mol. The zero-order valence-electron chi connectivity index (χ0n) is 11.7. The number of hydrogen-bond acceptors (Lipinski definition) is 6. The van der Waals surface area contributed by atoms with Gasteiger partial charge in [-0.1, -0.05) is 13.5 Å². The maximum Gasteiger partial charge on any atom is 0.513 e. The molecular weight excluding hydrogens is 276 g/mol. The summed E-state index contributed by atoms with van der Waals surface area (Å²) in [5, 5.41) is 0. The largest absolute Gasteiger partial charge is 0.513 e. The van der Waals surface area contributed by atoms with E-state index in [1.165, 1.54) is 12.1 Å². The Balaban J connectivity index is 2.36. The molecule has 0 N–H and O–H groups in total. The van der Waals surface area contributed by atoms with Gasteiger partial charge in [0.25, 0.3) is 0 Å². The number of Topliss-reactive ketones (excluding diaryl/α,β-unsaturated/α-hetero) is 1. The molecule has 0 amide bonds. The van der Waals surface area contributed by atoms with E-state index in [9.17, 15) is 14.4 Å². The first-order chi connectivity index (χ1) is 10.1. The van der Waals surface area contributed by atoms with Crippen LogP contribution in [0.25, 0.3) is 0 Å². The summed E-state index contributed by atoms with van der Waals surface area (Å²) in [7, 11) is 0. The van der Waals surface area contributed by atoms with Crippen molar-refractivity contribution in [3.63, 3.8) is 0 Å². The van der Waals surface area contributed by atoms with Crippen molar-refractivity contribution in [2.75, 3.05) is 13.2 Å². The lowest BCUT2D eigenvalue weighted by molar-refractivity contribution is -0.138. The van der Waals surface area contributed by atoms with Gasteiger partial charge in [0.1, 0.15) is 19.0 Å². The highest BCUT2D eigenvalue weighted by Gasteiger charge is 2.08. The SMILES string of the molecule is C=CC(=O)OCCOC(=O)Oc1ccc(C(=O)CC)cc1. The van der Waals surface area contributed by atoms with Crippen LogP contribution < -0.4 is 4.74 Å². The van der Waals surface area contributed by atoms with Crippen molar-refractivity contribution < 1.29 is 28.6 Å². The van der Waals surface area contributed by atoms with Crippen molar-refractivity contribution in [3.05, 3.63) is 42.5 Å². The van der Waals surface area contributed by atoms with E-state index in [4.69, 9.17) is 9.47 Å². The number of benzene rings is 1. The van der Waals surface area contributed by atoms with Gasteiger partial charge in [0.2, 0.25) is 0 Å². The Kier molecular flexibility index (Phi) is 6.67. The Morgan fingerprint density at radius 3 is 2.29 bits per heavy atom. The van der Waals surface area contributed by atoms with Crippen LogP contribution in [0.4, 0.5) is 4.79 Å². The molecule has 0 heterocycles. The minimum atomic E-state index is -0.917. The van der Waals surface area contributed by atoms with Crippen molar-refractivity contribution in [2.45, 2.75) is 13.3 Å². The van der Waals surface area contributed by atoms with E-state index in [1.807, 2.05) is 0 Å². The van der Waals surface area contributed by atoms with Gasteiger partial charge < -0.3 is 14.2 Å². The zero-order chi connectivity index (χ0) is 15.7. The molecule has 112 valence electrons. The number of rotatable bonds is 7. The van der Waals surface area contributed by atoms with Crippen LogP contribution in [0.5, 0.6) is 5.75 Å². The van der Waals surface area contributed by atoms with Gasteiger partial charge in [-0.05, 0) is 24.3 Å². The third-order valence-corrected chi connectivity index (χ3v) is 2.41. The van der Waals surface area contributed by atoms with Gasteiger partial charge in [0, 0.05) is 18.1 Å². The van der Waals surface area contributed by atoms with Crippen LogP contribution in [0.15, 0.2) is 36.9 Å². The minimum Gasteiger partial charge on any atom is -0.459 e. The molecule has 21 heavy (non-hydrogen) atoms. The molecule has 6 nitrogen and oxygen atoms in total. The molecular formula is C15H16O6. The summed E-state index contributed by atoms with van der Waals surface area (Å²) in [6, 6.07) is 6.14. The van der Waals surface area contributed by atoms with Crippen LogP contribution in [-0.4, -0.2) is 31.1 Å². The van der Waals surface area contributed by atoms with Crippen LogP contribution in [0.1, 0.15) is 23.7 Å². The molecule has 0 atom stereocenters. The van der Waals surface area contributed by atoms with Crippen molar-refractivity contribution in [1.29, 1.82) is 0 Å². The number of carbonyl (C=O) groups is 3. The van der Waals surface area contributed by atoms with E-state index < -0.39 is 12.1 Å². The van der Waals surface area contributed by atoms with Crippen molar-refractivity contribution >= 4 is 17.9 Å². The second-order valence-corrected chi connectivity index (χ2v) is 3.87. The summed E-state index contributed by atoms with van der Waals surface area (Å²) < 4.78 is 14.2. The molecule has 1 aromatic carbocycles. The molecule has 0 aliphatic rings. The highest BCUT2D eigenvalue weighted by Crippen LogP contribution is 2.14. The Labute approximate surface area is 122 Å². The van der Waals surface area contributed by atoms with E-state index in [2.05, 4.69) is 11.3 Å². The summed E-state index contributed by atoms with van der Waals surface area (Å²) in [5.41, 5.74) is 0.551. The number of carbonyl (C=O) groups excluding carboxylic acids is 3. The van der Waals surface area contributed by atoms with Crippen LogP contribution in [0.2, 0.25) is 0 Å². The normalized spacial score (nSPS) is 9.57. The Hall–Kier alpha value is -2.63. The molecule has 0 bridgehead atoms. The topological polar surface area (TPSA) is 78.9 Å². The van der Waals surface area contributed by atoms with Crippen LogP contribution in [0.3, 0.4) is 0 Å². The molecule has 1 aromatic rings. The summed E-state index contributed by atoms with van der Waals surface area (Å²) in [5.74, 6) is -0.327. The molecule has 0 fully saturated rings. The Morgan fingerprint density at radius 2 is 1.71 bits per heavy atom. The quantitative estimate of drug-likeness (QED) is 0.252. The van der Waals surface area contributed by atoms with Crippen molar-refractivity contribution in [1.82, 2.24) is 0 Å². The first-order valence-electron chi connectivity index (χ1n) is 6.34. The molecule has 1 rings (SSSR count). The molecule has 6 heteroatoms. The minimum absolute atomic E-state index is 0.00756. The lowest BCUT2D eigenvalue weighted by Crippen LogP contribution is -2.15. The maximum absolute atomic E-state index is 11.4. The van der Waals surface area contributed by atoms with Crippen LogP contribution >= 0.6 is 0 Å². The average molecular weight is 292 g/mol. The highest BCUT2D eigenvalue weighted by molar-refractivity contribution is 5.95. The first kappa shape index (κ1) is 16.4. The second kappa shape index (κ2) is 8.52. The molecule has 0 aromatic heterocycles. The van der Waals surface area contributed by atoms with Gasteiger partial charge in [-0.3, -0.25) is 4.79 Å². The fourth-order valence-electron chi connectivity index (χ4n) is 1.36. The molecule has 0 unspecified atom stereocenters. The van der Waals surface area contributed by atoms with E-state index in [-0.39, 0.29) is 24.7 Å². The Morgan fingerprint density at radius 1 is 1.10 bits per heavy atom. The predicted molar refractivity (Wildman–Crippen MR) is 74.2 cm³/mol. The number of hydrogen-bond donors (Lipinski definition) is 0. The zero-order valence-corrected chi connectivity index (χ0v) is 11.7. The van der Waals surface area contributed by atoms with Crippen molar-refractivity contribution in [3.8, 4) is 5.75 Å². The summed E-state index contributed by atoms with van der Waals surface area (Å²) >= 11 is 0. The number of esters is 1. The van der Waals surface area contributed by atoms with Gasteiger partial charge in [-0.15, -0.1) is 0 Å². The summed E-state index contributed by atoms with van der Waals surface area (Å²) in [6.07, 6.45) is 0.502. The van der Waals surface area contributed by atoms with Gasteiger partial charge in [-0.25, -0.2) is 9.59 Å². The number of ketones is 1. The standard InChI is InChI=1S/C15H16O6/c1-3-13(16)11-5-7-12(8-6-11)21-15(18)20-10-9-19-14(17)4-2/h4-8H,2-3,9-10H2,1H3. The molecule has 0 aliphatic heterocycles. The predicted octanol–water partition coefficient (Wildman–Crippen LogP) is 2.52. The van der Waals surface area contributed by atoms with Crippen LogP contribution in [0, 0.1) is 0 Å². The second-order valence-electron chi connectivity index (χ2n) is 3.87. The molecule has 0 spiro atoms. The van der Waals surface area contributed by atoms with Gasteiger partial charge in [-0.2, -0.15) is 0 Å². The molecule has 0 saturated carbocycles. The first-order valence-corrected chi connectivity index (χ1v) is 6.34. The van der Waals surface area contributed by atoms with Gasteiger partial charge in [0.05, 0.1) is 0 Å². The van der Waals surface area contributed by atoms with E-state index in [0.717, 1.165) is 6.08 Å². The van der Waals surface area contributed by atoms with E-state index in [1.54, 1.807) is 19.1 Å². The fourth-order valence-corrected chi connectivity index (χ4v) is 1.36. The average Bonchev–Trinajstić information content (AvgIpc) is 2.51. The molecule has 0 radical (unpaired) electrons. The lowest BCUT2D eigenvalue weighted by Gasteiger charge is -2.06. The fraction of sp³-hybridized carbons (Fsp3) is 0.267. The van der Waals surface area contributed by atoms with Crippen molar-refractivity contribution in [2.24, 2.45) is 0 Å². The number of ether oxygens (including phenoxy) is 3. The van der Waals surface area contributed by atoms with Gasteiger partial charge >= 0.3 is 12.1 Å². The molecule has 0 saturated heterocycles. The molecule has 0 aliphatic carbocycles. The highest BCUT2D eigenvalue weighted by atomic mass is 16.7. The smallest absolute Gasteiger partial charge is 0.459 e. The third-order valence-electron chi connectivity index (χ3n) is 2.41. The van der Waals surface area contributed by atoms with E-state index >= 15 is 0 Å². The van der Waals surface area contributed by atoms with Crippen LogP contribution in [-0.2, 0) is 14.3 Å². The van der Waals surface area contributed by atoms with E-state index in [0.29, 0.717) is 12.0 Å². The Bertz CT molecular complexity index is 517. The summed E-state index contributed by atoms with van der Waals surface area (Å²) in [6.45, 7) is 4.79. The summed E-state index contributed by atoms with van der Waals surface area (Å²) in [4.78, 5) is 33.5. The lowest BCUT2D eigenvalue weighted by atomic mass is 10.1. The third kappa shape index (κ3) is 5.90. The maximum atomic E-state index is 11.4.